The highest BCUT2D eigenvalue weighted by Crippen LogP contribution is 2.18. The minimum Gasteiger partial charge on any atom is -0.466 e. The second-order valence-corrected chi connectivity index (χ2v) is 22.1. The summed E-state index contributed by atoms with van der Waals surface area (Å²) in [5.74, 6) is -0.0596. The van der Waals surface area contributed by atoms with Crippen LogP contribution in [0.3, 0.4) is 0 Å². The lowest BCUT2D eigenvalue weighted by Gasteiger charge is -2.20. The van der Waals surface area contributed by atoms with Crippen molar-refractivity contribution in [1.82, 2.24) is 5.32 Å². The second-order valence-electron chi connectivity index (χ2n) is 22.1. The van der Waals surface area contributed by atoms with Gasteiger partial charge in [0, 0.05) is 12.8 Å². The van der Waals surface area contributed by atoms with Crippen LogP contribution in [-0.4, -0.2) is 47.4 Å². The van der Waals surface area contributed by atoms with E-state index in [9.17, 15) is 19.8 Å². The summed E-state index contributed by atoms with van der Waals surface area (Å²) in [5.41, 5.74) is 0. The highest BCUT2D eigenvalue weighted by molar-refractivity contribution is 5.76. The Kier molecular flexibility index (Phi) is 59.5. The molecule has 0 bridgehead atoms. The van der Waals surface area contributed by atoms with Gasteiger partial charge in [-0.2, -0.15) is 0 Å². The number of allylic oxidation sites excluding steroid dienone is 3. The fraction of sp³-hybridized carbons (Fsp3) is 0.908. The molecule has 0 radical (unpaired) electrons. The van der Waals surface area contributed by atoms with Crippen LogP contribution >= 0.6 is 0 Å². The number of hydrogen-bond acceptors (Lipinski definition) is 5. The highest BCUT2D eigenvalue weighted by Gasteiger charge is 2.18. The molecule has 2 atom stereocenters. The molecule has 0 aliphatic carbocycles. The molecule has 0 aromatic heterocycles. The van der Waals surface area contributed by atoms with Crippen LogP contribution in [0.2, 0.25) is 0 Å². The van der Waals surface area contributed by atoms with Gasteiger partial charge in [-0.15, -0.1) is 0 Å². The maximum atomic E-state index is 12.4. The molecule has 2 unspecified atom stereocenters. The zero-order chi connectivity index (χ0) is 51.4. The lowest BCUT2D eigenvalue weighted by atomic mass is 10.0. The van der Waals surface area contributed by atoms with E-state index in [1.165, 1.54) is 283 Å². The molecule has 0 spiro atoms. The fourth-order valence-electron chi connectivity index (χ4n) is 10.0. The van der Waals surface area contributed by atoms with E-state index in [0.717, 1.165) is 44.9 Å². The first-order valence-corrected chi connectivity index (χ1v) is 32.1. The zero-order valence-corrected chi connectivity index (χ0v) is 48.0. The number of rotatable bonds is 60. The topological polar surface area (TPSA) is 95.9 Å². The molecule has 1 amide bonds. The maximum absolute atomic E-state index is 12.4. The number of nitrogens with one attached hydrogen (secondary N) is 1. The van der Waals surface area contributed by atoms with Crippen LogP contribution in [0.1, 0.15) is 354 Å². The fourth-order valence-corrected chi connectivity index (χ4v) is 10.0. The van der Waals surface area contributed by atoms with Gasteiger partial charge in [0.15, 0.2) is 0 Å². The smallest absolute Gasteiger partial charge is 0.305 e. The van der Waals surface area contributed by atoms with Crippen LogP contribution in [0.25, 0.3) is 0 Å². The Bertz CT molecular complexity index is 1110. The minimum atomic E-state index is -0.848. The van der Waals surface area contributed by atoms with Crippen molar-refractivity contribution in [3.05, 3.63) is 24.3 Å². The SMILES string of the molecule is CCCCCCCCCCCCC/C=C/C(O)C(CO)NC(=O)CCCCCCCCC/C=C\CCCCCCCCCCCCCOC(=O)CCCCCCCCCCCCCCCCCCCCC. The third-order valence-corrected chi connectivity index (χ3v) is 15.0. The summed E-state index contributed by atoms with van der Waals surface area (Å²) in [7, 11) is 0. The highest BCUT2D eigenvalue weighted by atomic mass is 16.5. The second kappa shape index (κ2) is 60.9. The molecule has 3 N–H and O–H groups in total. The van der Waals surface area contributed by atoms with E-state index < -0.39 is 12.1 Å². The van der Waals surface area contributed by atoms with E-state index in [4.69, 9.17) is 4.74 Å². The zero-order valence-electron chi connectivity index (χ0n) is 48.0. The van der Waals surface area contributed by atoms with Gasteiger partial charge in [-0.05, 0) is 57.8 Å². The van der Waals surface area contributed by atoms with Crippen molar-refractivity contribution in [2.45, 2.75) is 366 Å². The first-order chi connectivity index (χ1) is 35.0. The normalized spacial score (nSPS) is 12.7. The molecule has 0 aliphatic rings. The number of esters is 1. The number of aliphatic hydroxyl groups is 2. The quantitative estimate of drug-likeness (QED) is 0.0320. The summed E-state index contributed by atoms with van der Waals surface area (Å²) in [4.78, 5) is 24.5. The number of aliphatic hydroxyl groups excluding tert-OH is 2. The molecule has 71 heavy (non-hydrogen) atoms. The number of carbonyl (C=O) groups is 2. The number of amides is 1. The van der Waals surface area contributed by atoms with Crippen molar-refractivity contribution in [2.24, 2.45) is 0 Å². The average Bonchev–Trinajstić information content (AvgIpc) is 3.37. The number of carbonyl (C=O) groups excluding carboxylic acids is 2. The summed E-state index contributed by atoms with van der Waals surface area (Å²) >= 11 is 0. The number of ether oxygens (including phenoxy) is 1. The van der Waals surface area contributed by atoms with E-state index >= 15 is 0 Å². The molecule has 0 aromatic rings. The lowest BCUT2D eigenvalue weighted by Crippen LogP contribution is -2.45. The average molecular weight is 1000 g/mol. The summed E-state index contributed by atoms with van der Waals surface area (Å²) in [6.45, 7) is 4.92. The van der Waals surface area contributed by atoms with E-state index in [-0.39, 0.29) is 18.5 Å². The summed E-state index contributed by atoms with van der Waals surface area (Å²) in [6.07, 6.45) is 75.1. The van der Waals surface area contributed by atoms with E-state index in [2.05, 4.69) is 31.3 Å². The Morgan fingerprint density at radius 3 is 1.00 bits per heavy atom. The van der Waals surface area contributed by atoms with Crippen molar-refractivity contribution in [3.63, 3.8) is 0 Å². The van der Waals surface area contributed by atoms with Crippen LogP contribution < -0.4 is 5.32 Å². The van der Waals surface area contributed by atoms with Crippen molar-refractivity contribution in [2.75, 3.05) is 13.2 Å². The van der Waals surface area contributed by atoms with Crippen molar-refractivity contribution in [1.29, 1.82) is 0 Å². The maximum Gasteiger partial charge on any atom is 0.305 e. The number of unbranched alkanes of at least 4 members (excludes halogenated alkanes) is 47. The standard InChI is InChI=1S/C65H125NO5/c1-3-5-7-9-11-13-15-17-18-19-24-28-31-35-39-43-47-51-55-59-65(70)71-60-56-52-48-44-40-36-32-29-26-23-21-20-22-25-27-30-34-38-42-46-50-54-58-64(69)66-62(61-67)63(68)57-53-49-45-41-37-33-16-14-12-10-8-6-4-2/h22,25,53,57,62-63,67-68H,3-21,23-24,26-52,54-56,58-61H2,1-2H3,(H,66,69)/b25-22-,57-53+. The van der Waals surface area contributed by atoms with Crippen LogP contribution in [0.4, 0.5) is 0 Å². The van der Waals surface area contributed by atoms with Gasteiger partial charge in [-0.25, -0.2) is 0 Å². The van der Waals surface area contributed by atoms with E-state index in [0.29, 0.717) is 19.4 Å². The van der Waals surface area contributed by atoms with Gasteiger partial charge in [0.2, 0.25) is 5.91 Å². The van der Waals surface area contributed by atoms with E-state index in [1.807, 2.05) is 6.08 Å². The van der Waals surface area contributed by atoms with Crippen molar-refractivity contribution in [3.8, 4) is 0 Å². The van der Waals surface area contributed by atoms with Crippen molar-refractivity contribution < 1.29 is 24.5 Å². The van der Waals surface area contributed by atoms with Crippen LogP contribution in [0.15, 0.2) is 24.3 Å². The molecule has 0 aromatic carbocycles. The Labute approximate surface area is 443 Å². The van der Waals surface area contributed by atoms with Gasteiger partial charge in [-0.1, -0.05) is 308 Å². The Hall–Kier alpha value is -1.66. The monoisotopic (exact) mass is 1000 g/mol. The van der Waals surface area contributed by atoms with Crippen molar-refractivity contribution >= 4 is 11.9 Å². The first kappa shape index (κ1) is 69.3. The van der Waals surface area contributed by atoms with Gasteiger partial charge in [0.25, 0.3) is 0 Å². The largest absolute Gasteiger partial charge is 0.466 e. The molecule has 0 saturated heterocycles. The third kappa shape index (κ3) is 57.5. The molecular formula is C65H125NO5. The summed E-state index contributed by atoms with van der Waals surface area (Å²) in [5, 5.41) is 23.1. The third-order valence-electron chi connectivity index (χ3n) is 15.0. The van der Waals surface area contributed by atoms with Gasteiger partial charge in [0.1, 0.15) is 0 Å². The summed E-state index contributed by atoms with van der Waals surface area (Å²) < 4.78 is 5.50. The predicted octanol–water partition coefficient (Wildman–Crippen LogP) is 20.2. The van der Waals surface area contributed by atoms with Gasteiger partial charge < -0.3 is 20.3 Å². The van der Waals surface area contributed by atoms with Gasteiger partial charge >= 0.3 is 5.97 Å². The molecular weight excluding hydrogens is 875 g/mol. The summed E-state index contributed by atoms with van der Waals surface area (Å²) in [6, 6.07) is -0.632. The van der Waals surface area contributed by atoms with Gasteiger partial charge in [-0.3, -0.25) is 9.59 Å². The Morgan fingerprint density at radius 1 is 0.380 bits per heavy atom. The first-order valence-electron chi connectivity index (χ1n) is 32.1. The lowest BCUT2D eigenvalue weighted by molar-refractivity contribution is -0.143. The molecule has 6 nitrogen and oxygen atoms in total. The molecule has 0 aliphatic heterocycles. The van der Waals surface area contributed by atoms with Crippen LogP contribution in [0, 0.1) is 0 Å². The molecule has 0 heterocycles. The molecule has 0 saturated carbocycles. The minimum absolute atomic E-state index is 0.0145. The van der Waals surface area contributed by atoms with Crippen LogP contribution in [0.5, 0.6) is 0 Å². The molecule has 0 rings (SSSR count). The Balaban J connectivity index is 3.39. The Morgan fingerprint density at radius 2 is 0.662 bits per heavy atom. The molecule has 0 fully saturated rings. The molecule has 6 heteroatoms. The van der Waals surface area contributed by atoms with E-state index in [1.54, 1.807) is 6.08 Å². The van der Waals surface area contributed by atoms with Gasteiger partial charge in [0.05, 0.1) is 25.4 Å². The number of hydrogen-bond donors (Lipinski definition) is 3. The predicted molar refractivity (Wildman–Crippen MR) is 310 cm³/mol. The van der Waals surface area contributed by atoms with Crippen LogP contribution in [-0.2, 0) is 14.3 Å². The molecule has 420 valence electrons.